The van der Waals surface area contributed by atoms with Gasteiger partial charge in [0.1, 0.15) is 0 Å². The number of rotatable bonds is 5. The number of nitrogens with zero attached hydrogens (tertiary/aromatic N) is 1. The van der Waals surface area contributed by atoms with Crippen LogP contribution in [0.15, 0.2) is 0 Å². The maximum absolute atomic E-state index is 9.90. The van der Waals surface area contributed by atoms with Crippen LogP contribution in [0.5, 0.6) is 0 Å². The monoisotopic (exact) mass is 221 g/mol. The van der Waals surface area contributed by atoms with Crippen molar-refractivity contribution >= 4 is 10.4 Å². The van der Waals surface area contributed by atoms with Gasteiger partial charge in [-0.05, 0) is 13.6 Å². The standard InChI is InChI=1S/C5H13NO4S.K/c1-3-6(2)4-5-10-11(7,8)9;/h3-5H2,1-2H3,(H,7,8,9);/q;+1/p-1. The van der Waals surface area contributed by atoms with E-state index in [-0.39, 0.29) is 58.0 Å². The van der Waals surface area contributed by atoms with E-state index < -0.39 is 10.4 Å². The summed E-state index contributed by atoms with van der Waals surface area (Å²) in [6.07, 6.45) is 0. The average molecular weight is 221 g/mol. The van der Waals surface area contributed by atoms with Gasteiger partial charge in [0.2, 0.25) is 10.4 Å². The van der Waals surface area contributed by atoms with Crippen molar-refractivity contribution in [2.24, 2.45) is 0 Å². The Morgan fingerprint density at radius 1 is 1.50 bits per heavy atom. The predicted octanol–water partition coefficient (Wildman–Crippen LogP) is -3.58. The minimum atomic E-state index is -4.50. The SMILES string of the molecule is CCN(C)CCOS(=O)(=O)[O-].[K+]. The predicted molar refractivity (Wildman–Crippen MR) is 38.8 cm³/mol. The fourth-order valence-corrected chi connectivity index (χ4v) is 0.732. The Morgan fingerprint density at radius 3 is 2.33 bits per heavy atom. The van der Waals surface area contributed by atoms with E-state index in [0.717, 1.165) is 6.54 Å². The van der Waals surface area contributed by atoms with E-state index in [1.165, 1.54) is 0 Å². The van der Waals surface area contributed by atoms with Crippen molar-refractivity contribution in [2.75, 3.05) is 26.7 Å². The fraction of sp³-hybridized carbons (Fsp3) is 1.00. The summed E-state index contributed by atoms with van der Waals surface area (Å²) in [5.74, 6) is 0. The van der Waals surface area contributed by atoms with Crippen LogP contribution in [0.3, 0.4) is 0 Å². The van der Waals surface area contributed by atoms with Gasteiger partial charge in [-0.25, -0.2) is 8.42 Å². The molecule has 0 radical (unpaired) electrons. The topological polar surface area (TPSA) is 69.7 Å². The second-order valence-electron chi connectivity index (χ2n) is 2.13. The molecule has 0 aromatic rings. The first-order valence-electron chi connectivity index (χ1n) is 3.24. The smallest absolute Gasteiger partial charge is 0.726 e. The van der Waals surface area contributed by atoms with Gasteiger partial charge in [-0.2, -0.15) is 0 Å². The van der Waals surface area contributed by atoms with E-state index in [1.54, 1.807) is 7.05 Å². The molecule has 0 amide bonds. The third-order valence-electron chi connectivity index (χ3n) is 1.24. The molecule has 0 aliphatic heterocycles. The molecule has 0 aliphatic rings. The number of likely N-dealkylation sites (N-methyl/N-ethyl adjacent to an activating group) is 1. The molecule has 12 heavy (non-hydrogen) atoms. The Bertz CT molecular complexity index is 194. The minimum absolute atomic E-state index is 0. The van der Waals surface area contributed by atoms with Crippen molar-refractivity contribution in [1.82, 2.24) is 4.90 Å². The second-order valence-corrected chi connectivity index (χ2v) is 3.18. The quantitative estimate of drug-likeness (QED) is 0.273. The Morgan fingerprint density at radius 2 is 2.00 bits per heavy atom. The minimum Gasteiger partial charge on any atom is -0.726 e. The summed E-state index contributed by atoms with van der Waals surface area (Å²) >= 11 is 0. The molecular formula is C5H12KNO4S. The van der Waals surface area contributed by atoms with Crippen LogP contribution >= 0.6 is 0 Å². The van der Waals surface area contributed by atoms with Gasteiger partial charge in [-0.15, -0.1) is 0 Å². The summed E-state index contributed by atoms with van der Waals surface area (Å²) in [5, 5.41) is 0. The third kappa shape index (κ3) is 11.5. The van der Waals surface area contributed by atoms with Crippen molar-refractivity contribution in [1.29, 1.82) is 0 Å². The van der Waals surface area contributed by atoms with Gasteiger partial charge < -0.3 is 9.45 Å². The number of hydrogen-bond acceptors (Lipinski definition) is 5. The van der Waals surface area contributed by atoms with Crippen LogP contribution in [0.2, 0.25) is 0 Å². The van der Waals surface area contributed by atoms with E-state index in [4.69, 9.17) is 0 Å². The van der Waals surface area contributed by atoms with Crippen LogP contribution in [0.25, 0.3) is 0 Å². The summed E-state index contributed by atoms with van der Waals surface area (Å²) in [5.41, 5.74) is 0. The molecule has 0 fully saturated rings. The van der Waals surface area contributed by atoms with E-state index >= 15 is 0 Å². The van der Waals surface area contributed by atoms with Crippen LogP contribution in [0.4, 0.5) is 0 Å². The summed E-state index contributed by atoms with van der Waals surface area (Å²) in [6, 6.07) is 0. The molecule has 0 aliphatic carbocycles. The molecule has 68 valence electrons. The average Bonchev–Trinajstić information content (AvgIpc) is 1.85. The van der Waals surface area contributed by atoms with Gasteiger partial charge in [-0.3, -0.25) is 4.18 Å². The molecule has 0 unspecified atom stereocenters. The van der Waals surface area contributed by atoms with E-state index in [0.29, 0.717) is 6.54 Å². The van der Waals surface area contributed by atoms with Crippen molar-refractivity contribution in [3.8, 4) is 0 Å². The normalized spacial score (nSPS) is 11.3. The first-order chi connectivity index (χ1) is 4.95. The summed E-state index contributed by atoms with van der Waals surface area (Å²) in [7, 11) is -2.70. The molecule has 0 saturated carbocycles. The zero-order chi connectivity index (χ0) is 8.91. The van der Waals surface area contributed by atoms with Gasteiger partial charge in [0.15, 0.2) is 0 Å². The van der Waals surface area contributed by atoms with Crippen molar-refractivity contribution in [2.45, 2.75) is 6.92 Å². The molecule has 0 bridgehead atoms. The Kier molecular flexibility index (Phi) is 10.4. The molecule has 5 nitrogen and oxygen atoms in total. The fourth-order valence-electron chi connectivity index (χ4n) is 0.453. The first-order valence-corrected chi connectivity index (χ1v) is 4.58. The molecule has 0 heterocycles. The summed E-state index contributed by atoms with van der Waals surface area (Å²) in [6.45, 7) is 3.09. The maximum Gasteiger partial charge on any atom is 1.00 e. The van der Waals surface area contributed by atoms with Crippen LogP contribution in [0, 0.1) is 0 Å². The molecule has 0 spiro atoms. The first kappa shape index (κ1) is 15.9. The van der Waals surface area contributed by atoms with Gasteiger partial charge in [0.05, 0.1) is 6.61 Å². The van der Waals surface area contributed by atoms with Crippen LogP contribution in [0.1, 0.15) is 6.92 Å². The maximum atomic E-state index is 9.90. The third-order valence-corrected chi connectivity index (χ3v) is 1.70. The van der Waals surface area contributed by atoms with Crippen LogP contribution < -0.4 is 51.4 Å². The molecule has 7 heteroatoms. The Hall–Kier alpha value is 1.47. The van der Waals surface area contributed by atoms with Crippen molar-refractivity contribution in [3.63, 3.8) is 0 Å². The van der Waals surface area contributed by atoms with E-state index in [9.17, 15) is 13.0 Å². The molecule has 0 N–H and O–H groups in total. The second kappa shape index (κ2) is 7.83. The molecule has 0 atom stereocenters. The van der Waals surface area contributed by atoms with E-state index in [1.807, 2.05) is 11.8 Å². The zero-order valence-corrected chi connectivity index (χ0v) is 11.5. The summed E-state index contributed by atoms with van der Waals surface area (Å²) in [4.78, 5) is 1.84. The molecule has 0 aromatic carbocycles. The Labute approximate surface area is 116 Å². The van der Waals surface area contributed by atoms with Gasteiger partial charge in [0, 0.05) is 6.54 Å². The molecular weight excluding hydrogens is 209 g/mol. The number of hydrogen-bond donors (Lipinski definition) is 0. The molecule has 0 saturated heterocycles. The van der Waals surface area contributed by atoms with Gasteiger partial charge in [0.25, 0.3) is 0 Å². The van der Waals surface area contributed by atoms with Crippen molar-refractivity contribution in [3.05, 3.63) is 0 Å². The van der Waals surface area contributed by atoms with Crippen LogP contribution in [-0.4, -0.2) is 44.6 Å². The zero-order valence-electron chi connectivity index (χ0n) is 7.61. The van der Waals surface area contributed by atoms with Gasteiger partial charge >= 0.3 is 51.4 Å². The van der Waals surface area contributed by atoms with Crippen LogP contribution in [-0.2, 0) is 14.6 Å². The largest absolute Gasteiger partial charge is 1.00 e. The Balaban J connectivity index is 0. The molecule has 0 rings (SSSR count). The van der Waals surface area contributed by atoms with Crippen molar-refractivity contribution < 1.29 is 68.5 Å². The summed E-state index contributed by atoms with van der Waals surface area (Å²) < 4.78 is 33.7. The molecule has 0 aromatic heterocycles. The van der Waals surface area contributed by atoms with E-state index in [2.05, 4.69) is 4.18 Å². The van der Waals surface area contributed by atoms with Gasteiger partial charge in [-0.1, -0.05) is 6.92 Å².